The van der Waals surface area contributed by atoms with Crippen LogP contribution in [-0.2, 0) is 6.54 Å². The van der Waals surface area contributed by atoms with E-state index in [2.05, 4.69) is 33.2 Å². The van der Waals surface area contributed by atoms with Crippen LogP contribution in [0.5, 0.6) is 0 Å². The highest BCUT2D eigenvalue weighted by Crippen LogP contribution is 2.24. The molecule has 1 aromatic carbocycles. The molecule has 1 atom stereocenters. The molecule has 0 radical (unpaired) electrons. The first-order chi connectivity index (χ1) is 9.61. The monoisotopic (exact) mass is 339 g/mol. The summed E-state index contributed by atoms with van der Waals surface area (Å²) in [5.74, 6) is 4.89. The number of rotatable bonds is 3. The van der Waals surface area contributed by atoms with Gasteiger partial charge in [-0.05, 0) is 44.0 Å². The van der Waals surface area contributed by atoms with Gasteiger partial charge in [-0.3, -0.25) is 15.1 Å². The number of carbonyl (C=O) groups is 1. The van der Waals surface area contributed by atoms with Crippen molar-refractivity contribution in [3.8, 4) is 0 Å². The minimum Gasteiger partial charge on any atom is -0.296 e. The van der Waals surface area contributed by atoms with Crippen LogP contribution in [0.25, 0.3) is 0 Å². The Morgan fingerprint density at radius 2 is 2.25 bits per heavy atom. The maximum absolute atomic E-state index is 11.5. The van der Waals surface area contributed by atoms with Gasteiger partial charge in [0, 0.05) is 22.6 Å². The van der Waals surface area contributed by atoms with Crippen molar-refractivity contribution >= 4 is 21.8 Å². The highest BCUT2D eigenvalue weighted by molar-refractivity contribution is 9.10. The zero-order valence-electron chi connectivity index (χ0n) is 11.9. The highest BCUT2D eigenvalue weighted by atomic mass is 79.9. The summed E-state index contributed by atoms with van der Waals surface area (Å²) < 4.78 is 0.968. The Morgan fingerprint density at radius 3 is 2.95 bits per heavy atom. The van der Waals surface area contributed by atoms with E-state index < -0.39 is 0 Å². The number of nitrogens with one attached hydrogen (secondary N) is 1. The zero-order valence-corrected chi connectivity index (χ0v) is 13.4. The number of hydrazine groups is 1. The Bertz CT molecular complexity index is 478. The lowest BCUT2D eigenvalue weighted by Crippen LogP contribution is -2.32. The van der Waals surface area contributed by atoms with Crippen molar-refractivity contribution in [1.82, 2.24) is 10.3 Å². The molecule has 1 amide bonds. The summed E-state index contributed by atoms with van der Waals surface area (Å²) >= 11 is 3.56. The predicted molar refractivity (Wildman–Crippen MR) is 84.1 cm³/mol. The molecule has 0 saturated carbocycles. The van der Waals surface area contributed by atoms with E-state index in [-0.39, 0.29) is 5.91 Å². The first kappa shape index (κ1) is 15.5. The molecule has 4 nitrogen and oxygen atoms in total. The number of carbonyl (C=O) groups excluding carboxylic acids is 1. The number of benzene rings is 1. The summed E-state index contributed by atoms with van der Waals surface area (Å²) in [7, 11) is 0. The summed E-state index contributed by atoms with van der Waals surface area (Å²) in [5.41, 5.74) is 3.95. The Balaban J connectivity index is 2.10. The van der Waals surface area contributed by atoms with Crippen LogP contribution in [0.1, 0.15) is 48.5 Å². The Hall–Kier alpha value is -0.910. The maximum atomic E-state index is 11.5. The molecular weight excluding hydrogens is 318 g/mol. The lowest BCUT2D eigenvalue weighted by Gasteiger charge is -2.27. The molecule has 0 spiro atoms. The Morgan fingerprint density at radius 1 is 1.45 bits per heavy atom. The first-order valence-corrected chi connectivity index (χ1v) is 7.94. The van der Waals surface area contributed by atoms with Crippen molar-refractivity contribution in [1.29, 1.82) is 0 Å². The van der Waals surface area contributed by atoms with E-state index in [9.17, 15) is 4.79 Å². The lowest BCUT2D eigenvalue weighted by atomic mass is 10.1. The van der Waals surface area contributed by atoms with Gasteiger partial charge in [-0.1, -0.05) is 34.8 Å². The van der Waals surface area contributed by atoms with E-state index in [0.29, 0.717) is 11.6 Å². The average molecular weight is 340 g/mol. The van der Waals surface area contributed by atoms with E-state index in [1.807, 2.05) is 18.2 Å². The second-order valence-electron chi connectivity index (χ2n) is 5.45. The van der Waals surface area contributed by atoms with E-state index in [1.54, 1.807) is 0 Å². The summed E-state index contributed by atoms with van der Waals surface area (Å²) in [6, 6.07) is 6.29. The quantitative estimate of drug-likeness (QED) is 0.505. The van der Waals surface area contributed by atoms with Gasteiger partial charge in [0.2, 0.25) is 0 Å². The third-order valence-corrected chi connectivity index (χ3v) is 4.75. The van der Waals surface area contributed by atoms with E-state index in [4.69, 9.17) is 5.84 Å². The number of nitrogens with two attached hydrogens (primary N) is 1. The smallest absolute Gasteiger partial charge is 0.265 e. The van der Waals surface area contributed by atoms with Crippen molar-refractivity contribution < 1.29 is 4.79 Å². The number of nitrogens with zero attached hydrogens (tertiary/aromatic N) is 1. The topological polar surface area (TPSA) is 58.4 Å². The van der Waals surface area contributed by atoms with Gasteiger partial charge >= 0.3 is 0 Å². The molecule has 1 aliphatic rings. The number of likely N-dealkylation sites (tertiary alicyclic amines) is 1. The number of hydrogen-bond donors (Lipinski definition) is 2. The van der Waals surface area contributed by atoms with Gasteiger partial charge < -0.3 is 0 Å². The molecule has 5 heteroatoms. The second kappa shape index (κ2) is 7.20. The molecule has 110 valence electrons. The molecule has 1 fully saturated rings. The lowest BCUT2D eigenvalue weighted by molar-refractivity contribution is 0.0953. The van der Waals surface area contributed by atoms with Crippen molar-refractivity contribution in [2.45, 2.75) is 45.2 Å². The van der Waals surface area contributed by atoms with E-state index >= 15 is 0 Å². The normalized spacial score (nSPS) is 20.4. The molecule has 20 heavy (non-hydrogen) atoms. The fourth-order valence-electron chi connectivity index (χ4n) is 2.69. The molecule has 1 saturated heterocycles. The van der Waals surface area contributed by atoms with Crippen molar-refractivity contribution in [2.75, 3.05) is 6.54 Å². The fraction of sp³-hybridized carbons (Fsp3) is 0.533. The molecule has 0 aromatic heterocycles. The molecule has 0 bridgehead atoms. The molecule has 1 heterocycles. The van der Waals surface area contributed by atoms with Gasteiger partial charge in [-0.2, -0.15) is 0 Å². The SMILES string of the molecule is CC1CCCCCN1Cc1ccc(C(=O)NN)cc1Br. The summed E-state index contributed by atoms with van der Waals surface area (Å²) in [6.45, 7) is 4.38. The van der Waals surface area contributed by atoms with Crippen LogP contribution in [0.3, 0.4) is 0 Å². The molecular formula is C15H22BrN3O. The van der Waals surface area contributed by atoms with Gasteiger partial charge in [-0.15, -0.1) is 0 Å². The second-order valence-corrected chi connectivity index (χ2v) is 6.30. The minimum absolute atomic E-state index is 0.264. The van der Waals surface area contributed by atoms with Gasteiger partial charge in [-0.25, -0.2) is 5.84 Å². The minimum atomic E-state index is -0.264. The highest BCUT2D eigenvalue weighted by Gasteiger charge is 2.18. The van der Waals surface area contributed by atoms with Crippen LogP contribution in [0.15, 0.2) is 22.7 Å². The third-order valence-electron chi connectivity index (χ3n) is 4.01. The largest absolute Gasteiger partial charge is 0.296 e. The molecule has 1 unspecified atom stereocenters. The number of hydrogen-bond acceptors (Lipinski definition) is 3. The average Bonchev–Trinajstić information content (AvgIpc) is 2.65. The molecule has 2 rings (SSSR count). The van der Waals surface area contributed by atoms with E-state index in [0.717, 1.165) is 17.6 Å². The Kier molecular flexibility index (Phi) is 5.57. The van der Waals surface area contributed by atoms with Gasteiger partial charge in [0.15, 0.2) is 0 Å². The molecule has 1 aliphatic heterocycles. The van der Waals surface area contributed by atoms with E-state index in [1.165, 1.54) is 31.2 Å². The number of nitrogen functional groups attached to an aromatic ring is 1. The summed E-state index contributed by atoms with van der Waals surface area (Å²) in [4.78, 5) is 14.0. The molecule has 0 aliphatic carbocycles. The fourth-order valence-corrected chi connectivity index (χ4v) is 3.19. The standard InChI is InChI=1S/C15H22BrN3O/c1-11-5-3-2-4-8-19(11)10-13-7-6-12(9-14(13)16)15(20)18-17/h6-7,9,11H,2-5,8,10,17H2,1H3,(H,18,20). The van der Waals surface area contributed by atoms with Gasteiger partial charge in [0.25, 0.3) is 5.91 Å². The van der Waals surface area contributed by atoms with Crippen LogP contribution < -0.4 is 11.3 Å². The summed E-state index contributed by atoms with van der Waals surface area (Å²) in [5, 5.41) is 0. The van der Waals surface area contributed by atoms with Gasteiger partial charge in [0.05, 0.1) is 0 Å². The Labute approximate surface area is 128 Å². The van der Waals surface area contributed by atoms with Crippen LogP contribution in [0.4, 0.5) is 0 Å². The van der Waals surface area contributed by atoms with Crippen molar-refractivity contribution in [3.05, 3.63) is 33.8 Å². The molecule has 3 N–H and O–H groups in total. The summed E-state index contributed by atoms with van der Waals surface area (Å²) in [6.07, 6.45) is 5.20. The third kappa shape index (κ3) is 3.81. The first-order valence-electron chi connectivity index (χ1n) is 7.15. The van der Waals surface area contributed by atoms with Crippen molar-refractivity contribution in [2.24, 2.45) is 5.84 Å². The zero-order chi connectivity index (χ0) is 14.5. The molecule has 1 aromatic rings. The van der Waals surface area contributed by atoms with Crippen LogP contribution in [0.2, 0.25) is 0 Å². The number of amides is 1. The van der Waals surface area contributed by atoms with Crippen molar-refractivity contribution in [3.63, 3.8) is 0 Å². The number of halogens is 1. The predicted octanol–water partition coefficient (Wildman–Crippen LogP) is 2.82. The van der Waals surface area contributed by atoms with Crippen LogP contribution in [-0.4, -0.2) is 23.4 Å². The van der Waals surface area contributed by atoms with Crippen LogP contribution in [0, 0.1) is 0 Å². The van der Waals surface area contributed by atoms with Gasteiger partial charge in [0.1, 0.15) is 0 Å². The van der Waals surface area contributed by atoms with Crippen LogP contribution >= 0.6 is 15.9 Å². The maximum Gasteiger partial charge on any atom is 0.265 e.